The summed E-state index contributed by atoms with van der Waals surface area (Å²) in [6.45, 7) is 5.18. The van der Waals surface area contributed by atoms with Crippen molar-refractivity contribution in [2.24, 2.45) is 5.92 Å². The lowest BCUT2D eigenvalue weighted by atomic mass is 9.99. The highest BCUT2D eigenvalue weighted by molar-refractivity contribution is 7.84. The fraction of sp³-hybridized carbons (Fsp3) is 1.00. The Morgan fingerprint density at radius 2 is 1.94 bits per heavy atom. The molecule has 0 aromatic heterocycles. The van der Waals surface area contributed by atoms with Gasteiger partial charge in [-0.2, -0.15) is 0 Å². The Balaban J connectivity index is 2.05. The minimum Gasteiger partial charge on any atom is -0.313 e. The molecule has 1 N–H and O–H groups in total. The van der Waals surface area contributed by atoms with Gasteiger partial charge in [0.2, 0.25) is 0 Å². The molecule has 16 heavy (non-hydrogen) atoms. The Morgan fingerprint density at radius 3 is 2.50 bits per heavy atom. The standard InChI is InChI=1S/C13H27NOS/c1-11(14-10-12(2)16(3)15)8-9-13-6-4-5-7-13/h11-14H,4-10H2,1-3H3. The van der Waals surface area contributed by atoms with Crippen LogP contribution in [0.3, 0.4) is 0 Å². The normalized spacial score (nSPS) is 23.2. The molecule has 3 unspecified atom stereocenters. The summed E-state index contributed by atoms with van der Waals surface area (Å²) in [5.74, 6) is 0.988. The van der Waals surface area contributed by atoms with Gasteiger partial charge in [-0.05, 0) is 32.6 Å². The van der Waals surface area contributed by atoms with Gasteiger partial charge in [-0.3, -0.25) is 4.21 Å². The van der Waals surface area contributed by atoms with Gasteiger partial charge >= 0.3 is 0 Å². The lowest BCUT2D eigenvalue weighted by molar-refractivity contribution is 0.421. The van der Waals surface area contributed by atoms with Crippen LogP contribution in [-0.2, 0) is 10.8 Å². The minimum atomic E-state index is -0.695. The minimum absolute atomic E-state index is 0.272. The Hall–Kier alpha value is 0.110. The molecule has 0 bridgehead atoms. The molecule has 96 valence electrons. The molecule has 0 heterocycles. The van der Waals surface area contributed by atoms with E-state index in [1.807, 2.05) is 6.92 Å². The summed E-state index contributed by atoms with van der Waals surface area (Å²) in [6, 6.07) is 0.576. The van der Waals surface area contributed by atoms with Gasteiger partial charge in [0.15, 0.2) is 0 Å². The molecule has 0 spiro atoms. The lowest BCUT2D eigenvalue weighted by Gasteiger charge is -2.18. The summed E-state index contributed by atoms with van der Waals surface area (Å²) in [6.07, 6.45) is 10.2. The van der Waals surface area contributed by atoms with Crippen LogP contribution in [0.1, 0.15) is 52.4 Å². The molecule has 0 amide bonds. The van der Waals surface area contributed by atoms with Crippen molar-refractivity contribution in [3.05, 3.63) is 0 Å². The van der Waals surface area contributed by atoms with Crippen LogP contribution in [-0.4, -0.2) is 28.3 Å². The van der Waals surface area contributed by atoms with Crippen LogP contribution in [0.2, 0.25) is 0 Å². The highest BCUT2D eigenvalue weighted by Crippen LogP contribution is 2.28. The molecule has 1 aliphatic rings. The molecule has 0 radical (unpaired) electrons. The Morgan fingerprint density at radius 1 is 1.31 bits per heavy atom. The summed E-state index contributed by atoms with van der Waals surface area (Å²) in [5.41, 5.74) is 0. The zero-order valence-corrected chi connectivity index (χ0v) is 11.8. The zero-order valence-electron chi connectivity index (χ0n) is 11.0. The third-order valence-corrected chi connectivity index (χ3v) is 5.10. The van der Waals surface area contributed by atoms with E-state index in [9.17, 15) is 4.21 Å². The van der Waals surface area contributed by atoms with E-state index in [1.165, 1.54) is 38.5 Å². The fourth-order valence-electron chi connectivity index (χ4n) is 2.37. The highest BCUT2D eigenvalue weighted by atomic mass is 32.2. The van der Waals surface area contributed by atoms with Crippen LogP contribution in [0.15, 0.2) is 0 Å². The van der Waals surface area contributed by atoms with Gasteiger partial charge in [0, 0.05) is 34.9 Å². The van der Waals surface area contributed by atoms with E-state index in [-0.39, 0.29) is 5.25 Å². The van der Waals surface area contributed by atoms with E-state index >= 15 is 0 Å². The van der Waals surface area contributed by atoms with Gasteiger partial charge in [0.05, 0.1) is 0 Å². The average Bonchev–Trinajstić information content (AvgIpc) is 2.75. The molecule has 1 aliphatic carbocycles. The number of hydrogen-bond donors (Lipinski definition) is 1. The predicted octanol–water partition coefficient (Wildman–Crippen LogP) is 2.70. The van der Waals surface area contributed by atoms with Crippen molar-refractivity contribution in [3.63, 3.8) is 0 Å². The van der Waals surface area contributed by atoms with Crippen molar-refractivity contribution in [1.29, 1.82) is 0 Å². The van der Waals surface area contributed by atoms with E-state index in [2.05, 4.69) is 12.2 Å². The first-order valence-electron chi connectivity index (χ1n) is 6.65. The summed E-state index contributed by atoms with van der Waals surface area (Å²) in [7, 11) is -0.695. The van der Waals surface area contributed by atoms with Crippen molar-refractivity contribution >= 4 is 10.8 Å². The Kier molecular flexibility index (Phi) is 6.59. The maximum atomic E-state index is 11.2. The van der Waals surface area contributed by atoms with Gasteiger partial charge in [0.1, 0.15) is 0 Å². The molecule has 0 saturated heterocycles. The van der Waals surface area contributed by atoms with Crippen LogP contribution in [0.4, 0.5) is 0 Å². The Bertz CT molecular complexity index is 214. The lowest BCUT2D eigenvalue weighted by Crippen LogP contribution is -2.34. The monoisotopic (exact) mass is 245 g/mol. The van der Waals surface area contributed by atoms with Crippen molar-refractivity contribution < 1.29 is 4.21 Å². The average molecular weight is 245 g/mol. The summed E-state index contributed by atoms with van der Waals surface area (Å²) >= 11 is 0. The predicted molar refractivity (Wildman–Crippen MR) is 72.2 cm³/mol. The first-order chi connectivity index (χ1) is 7.59. The van der Waals surface area contributed by atoms with E-state index in [0.29, 0.717) is 6.04 Å². The number of rotatable bonds is 7. The van der Waals surface area contributed by atoms with Crippen LogP contribution < -0.4 is 5.32 Å². The molecule has 3 atom stereocenters. The Labute approximate surface area is 103 Å². The quantitative estimate of drug-likeness (QED) is 0.747. The molecule has 2 nitrogen and oxygen atoms in total. The van der Waals surface area contributed by atoms with Crippen LogP contribution >= 0.6 is 0 Å². The van der Waals surface area contributed by atoms with Crippen LogP contribution in [0.5, 0.6) is 0 Å². The first-order valence-corrected chi connectivity index (χ1v) is 8.27. The SMILES string of the molecule is CC(CCC1CCCC1)NCC(C)S(C)=O. The van der Waals surface area contributed by atoms with Crippen molar-refractivity contribution in [2.45, 2.75) is 63.7 Å². The summed E-state index contributed by atoms with van der Waals surface area (Å²) in [4.78, 5) is 0. The number of hydrogen-bond acceptors (Lipinski definition) is 2. The van der Waals surface area contributed by atoms with Crippen LogP contribution in [0, 0.1) is 5.92 Å². The van der Waals surface area contributed by atoms with E-state index < -0.39 is 10.8 Å². The second-order valence-corrected chi connectivity index (χ2v) is 7.15. The van der Waals surface area contributed by atoms with Crippen molar-refractivity contribution in [1.82, 2.24) is 5.32 Å². The number of nitrogens with one attached hydrogen (secondary N) is 1. The van der Waals surface area contributed by atoms with Crippen molar-refractivity contribution in [3.8, 4) is 0 Å². The molecule has 0 aliphatic heterocycles. The van der Waals surface area contributed by atoms with Gasteiger partial charge in [-0.25, -0.2) is 0 Å². The molecule has 0 aromatic carbocycles. The third kappa shape index (κ3) is 5.44. The smallest absolute Gasteiger partial charge is 0.0441 e. The second kappa shape index (κ2) is 7.44. The highest BCUT2D eigenvalue weighted by Gasteiger charge is 2.16. The van der Waals surface area contributed by atoms with E-state index in [1.54, 1.807) is 6.26 Å². The third-order valence-electron chi connectivity index (χ3n) is 3.80. The topological polar surface area (TPSA) is 29.1 Å². The van der Waals surface area contributed by atoms with E-state index in [4.69, 9.17) is 0 Å². The molecule has 3 heteroatoms. The summed E-state index contributed by atoms with van der Waals surface area (Å²) in [5, 5.41) is 3.77. The molecule has 0 aromatic rings. The maximum absolute atomic E-state index is 11.2. The van der Waals surface area contributed by atoms with Gasteiger partial charge < -0.3 is 5.32 Å². The van der Waals surface area contributed by atoms with Gasteiger partial charge in [-0.1, -0.05) is 25.7 Å². The first kappa shape index (κ1) is 14.2. The molecular formula is C13H27NOS. The van der Waals surface area contributed by atoms with E-state index in [0.717, 1.165) is 12.5 Å². The maximum Gasteiger partial charge on any atom is 0.0441 e. The molecule has 1 saturated carbocycles. The van der Waals surface area contributed by atoms with Crippen LogP contribution in [0.25, 0.3) is 0 Å². The van der Waals surface area contributed by atoms with Crippen molar-refractivity contribution in [2.75, 3.05) is 12.8 Å². The molecule has 1 fully saturated rings. The summed E-state index contributed by atoms with van der Waals surface area (Å²) < 4.78 is 11.2. The molecular weight excluding hydrogens is 218 g/mol. The second-order valence-electron chi connectivity index (χ2n) is 5.35. The molecule has 1 rings (SSSR count). The van der Waals surface area contributed by atoms with Gasteiger partial charge in [-0.15, -0.1) is 0 Å². The van der Waals surface area contributed by atoms with Gasteiger partial charge in [0.25, 0.3) is 0 Å². The largest absolute Gasteiger partial charge is 0.313 e. The fourth-order valence-corrected chi connectivity index (χ4v) is 2.70. The zero-order chi connectivity index (χ0) is 12.0.